The molecule has 3 heteroatoms. The van der Waals surface area contributed by atoms with Crippen LogP contribution in [0.25, 0.3) is 0 Å². The summed E-state index contributed by atoms with van der Waals surface area (Å²) >= 11 is 0. The fourth-order valence-corrected chi connectivity index (χ4v) is 2.28. The molecule has 0 atom stereocenters. The minimum Gasteiger partial charge on any atom is -0.492 e. The number of hydrogen-bond acceptors (Lipinski definition) is 3. The third kappa shape index (κ3) is 4.99. The van der Waals surface area contributed by atoms with Gasteiger partial charge in [-0.2, -0.15) is 0 Å². The van der Waals surface area contributed by atoms with Gasteiger partial charge in [0.25, 0.3) is 0 Å². The van der Waals surface area contributed by atoms with Crippen LogP contribution in [0.15, 0.2) is 36.9 Å². The van der Waals surface area contributed by atoms with Crippen molar-refractivity contribution in [3.05, 3.63) is 42.5 Å². The lowest BCUT2D eigenvalue weighted by Crippen LogP contribution is -2.30. The molecule has 1 aromatic rings. The summed E-state index contributed by atoms with van der Waals surface area (Å²) in [7, 11) is 0. The Morgan fingerprint density at radius 2 is 2.10 bits per heavy atom. The number of nitrogens with one attached hydrogen (secondary N) is 1. The Morgan fingerprint density at radius 1 is 1.35 bits per heavy atom. The zero-order valence-electron chi connectivity index (χ0n) is 12.5. The van der Waals surface area contributed by atoms with Crippen LogP contribution in [-0.2, 0) is 6.54 Å². The molecule has 110 valence electrons. The highest BCUT2D eigenvalue weighted by Gasteiger charge is 2.27. The van der Waals surface area contributed by atoms with E-state index in [0.717, 1.165) is 44.6 Å². The number of benzene rings is 1. The maximum Gasteiger partial charge on any atom is 0.119 e. The number of ether oxygens (including phenoxy) is 1. The fourth-order valence-electron chi connectivity index (χ4n) is 2.28. The normalized spacial score (nSPS) is 14.5. The van der Waals surface area contributed by atoms with Gasteiger partial charge < -0.3 is 10.1 Å². The maximum absolute atomic E-state index is 5.82. The lowest BCUT2D eigenvalue weighted by molar-refractivity contribution is 0.216. The minimum absolute atomic E-state index is 0.747. The lowest BCUT2D eigenvalue weighted by Gasteiger charge is -2.20. The summed E-state index contributed by atoms with van der Waals surface area (Å²) in [6.45, 7) is 10.6. The summed E-state index contributed by atoms with van der Waals surface area (Å²) in [4.78, 5) is 2.45. The van der Waals surface area contributed by atoms with E-state index in [1.165, 1.54) is 18.4 Å². The molecule has 0 spiro atoms. The van der Waals surface area contributed by atoms with E-state index in [2.05, 4.69) is 48.0 Å². The number of rotatable bonds is 10. The first-order valence-electron chi connectivity index (χ1n) is 7.61. The topological polar surface area (TPSA) is 24.5 Å². The van der Waals surface area contributed by atoms with Gasteiger partial charge in [-0.3, -0.25) is 4.90 Å². The minimum atomic E-state index is 0.747. The molecule has 0 amide bonds. The van der Waals surface area contributed by atoms with Crippen molar-refractivity contribution in [2.24, 2.45) is 0 Å². The predicted molar refractivity (Wildman–Crippen MR) is 84.1 cm³/mol. The van der Waals surface area contributed by atoms with Crippen molar-refractivity contribution in [3.8, 4) is 5.75 Å². The van der Waals surface area contributed by atoms with E-state index in [1.807, 2.05) is 6.08 Å². The first-order valence-corrected chi connectivity index (χ1v) is 7.61. The molecule has 0 heterocycles. The van der Waals surface area contributed by atoms with Crippen molar-refractivity contribution in [1.82, 2.24) is 10.2 Å². The van der Waals surface area contributed by atoms with Crippen molar-refractivity contribution in [2.45, 2.75) is 32.4 Å². The van der Waals surface area contributed by atoms with Gasteiger partial charge in [-0.05, 0) is 37.1 Å². The Hall–Kier alpha value is -1.32. The van der Waals surface area contributed by atoms with Gasteiger partial charge in [-0.1, -0.05) is 25.1 Å². The summed E-state index contributed by atoms with van der Waals surface area (Å²) in [6.07, 6.45) is 4.63. The first kappa shape index (κ1) is 15.1. The van der Waals surface area contributed by atoms with Crippen LogP contribution in [0.1, 0.15) is 25.3 Å². The van der Waals surface area contributed by atoms with Crippen molar-refractivity contribution < 1.29 is 4.74 Å². The molecule has 1 saturated carbocycles. The van der Waals surface area contributed by atoms with Gasteiger partial charge in [-0.15, -0.1) is 6.58 Å². The Morgan fingerprint density at radius 3 is 2.70 bits per heavy atom. The Bertz CT molecular complexity index is 398. The molecule has 0 aromatic heterocycles. The fraction of sp³-hybridized carbons (Fsp3) is 0.529. The van der Waals surface area contributed by atoms with Crippen molar-refractivity contribution in [2.75, 3.05) is 26.2 Å². The summed E-state index contributed by atoms with van der Waals surface area (Å²) in [6, 6.07) is 9.13. The summed E-state index contributed by atoms with van der Waals surface area (Å²) < 4.78 is 5.82. The van der Waals surface area contributed by atoms with E-state index >= 15 is 0 Å². The van der Waals surface area contributed by atoms with E-state index in [9.17, 15) is 0 Å². The molecule has 3 nitrogen and oxygen atoms in total. The van der Waals surface area contributed by atoms with E-state index < -0.39 is 0 Å². The Kier molecular flexibility index (Phi) is 6.09. The van der Waals surface area contributed by atoms with Gasteiger partial charge in [0.2, 0.25) is 0 Å². The molecule has 1 aliphatic rings. The standard InChI is InChI=1S/C17H26N2O/c1-3-11-19(16-7-8-16)12-13-20-17-9-5-15(6-10-17)14-18-4-2/h3,5-6,9-10,16,18H,1,4,7-8,11-14H2,2H3. The highest BCUT2D eigenvalue weighted by atomic mass is 16.5. The Balaban J connectivity index is 1.71. The molecular weight excluding hydrogens is 248 g/mol. The Labute approximate surface area is 122 Å². The zero-order valence-corrected chi connectivity index (χ0v) is 12.5. The van der Waals surface area contributed by atoms with Crippen LogP contribution in [0, 0.1) is 0 Å². The second-order valence-corrected chi connectivity index (χ2v) is 5.29. The molecule has 1 aliphatic carbocycles. The third-order valence-electron chi connectivity index (χ3n) is 3.58. The molecule has 0 radical (unpaired) electrons. The predicted octanol–water partition coefficient (Wildman–Crippen LogP) is 2.83. The van der Waals surface area contributed by atoms with E-state index in [4.69, 9.17) is 4.74 Å². The van der Waals surface area contributed by atoms with Crippen LogP contribution in [-0.4, -0.2) is 37.2 Å². The molecule has 1 fully saturated rings. The van der Waals surface area contributed by atoms with Crippen molar-refractivity contribution in [1.29, 1.82) is 0 Å². The average molecular weight is 274 g/mol. The van der Waals surface area contributed by atoms with Crippen molar-refractivity contribution >= 4 is 0 Å². The van der Waals surface area contributed by atoms with Gasteiger partial charge in [-0.25, -0.2) is 0 Å². The molecule has 0 bridgehead atoms. The second-order valence-electron chi connectivity index (χ2n) is 5.29. The van der Waals surface area contributed by atoms with Gasteiger partial charge in [0.05, 0.1) is 0 Å². The maximum atomic E-state index is 5.82. The van der Waals surface area contributed by atoms with Crippen LogP contribution in [0.4, 0.5) is 0 Å². The average Bonchev–Trinajstić information content (AvgIpc) is 3.30. The highest BCUT2D eigenvalue weighted by Crippen LogP contribution is 2.26. The number of nitrogens with zero attached hydrogens (tertiary/aromatic N) is 1. The zero-order chi connectivity index (χ0) is 14.2. The van der Waals surface area contributed by atoms with Crippen molar-refractivity contribution in [3.63, 3.8) is 0 Å². The molecular formula is C17H26N2O. The monoisotopic (exact) mass is 274 g/mol. The highest BCUT2D eigenvalue weighted by molar-refractivity contribution is 5.27. The largest absolute Gasteiger partial charge is 0.492 e. The lowest BCUT2D eigenvalue weighted by atomic mass is 10.2. The SMILES string of the molecule is C=CCN(CCOc1ccc(CNCC)cc1)C1CC1. The number of hydrogen-bond donors (Lipinski definition) is 1. The van der Waals surface area contributed by atoms with Gasteiger partial charge in [0, 0.05) is 25.7 Å². The molecule has 0 unspecified atom stereocenters. The smallest absolute Gasteiger partial charge is 0.119 e. The van der Waals surface area contributed by atoms with Gasteiger partial charge in [0.15, 0.2) is 0 Å². The van der Waals surface area contributed by atoms with Crippen LogP contribution in [0.5, 0.6) is 5.75 Å². The summed E-state index contributed by atoms with van der Waals surface area (Å²) in [5.41, 5.74) is 1.30. The van der Waals surface area contributed by atoms with Crippen LogP contribution in [0.3, 0.4) is 0 Å². The van der Waals surface area contributed by atoms with Crippen LogP contribution < -0.4 is 10.1 Å². The molecule has 1 aromatic carbocycles. The van der Waals surface area contributed by atoms with E-state index in [-0.39, 0.29) is 0 Å². The van der Waals surface area contributed by atoms with Crippen LogP contribution in [0.2, 0.25) is 0 Å². The second kappa shape index (κ2) is 8.08. The van der Waals surface area contributed by atoms with Gasteiger partial charge >= 0.3 is 0 Å². The molecule has 0 saturated heterocycles. The third-order valence-corrected chi connectivity index (χ3v) is 3.58. The summed E-state index contributed by atoms with van der Waals surface area (Å²) in [5.74, 6) is 0.958. The summed E-state index contributed by atoms with van der Waals surface area (Å²) in [5, 5.41) is 3.32. The first-order chi connectivity index (χ1) is 9.83. The molecule has 1 N–H and O–H groups in total. The van der Waals surface area contributed by atoms with E-state index in [1.54, 1.807) is 0 Å². The molecule has 0 aliphatic heterocycles. The van der Waals surface area contributed by atoms with Crippen LogP contribution >= 0.6 is 0 Å². The van der Waals surface area contributed by atoms with Gasteiger partial charge in [0.1, 0.15) is 12.4 Å². The molecule has 20 heavy (non-hydrogen) atoms. The van der Waals surface area contributed by atoms with E-state index in [0.29, 0.717) is 0 Å². The quantitative estimate of drug-likeness (QED) is 0.664. The molecule has 2 rings (SSSR count).